The standard InChI is InChI=1S/C10H18O2/c1-2-3-4-5-7-10(12)8-6-9-11/h9H,2-8H2,1H3. The smallest absolute Gasteiger partial charge is 0.133 e. The van der Waals surface area contributed by atoms with Crippen LogP contribution in [-0.4, -0.2) is 12.1 Å². The second kappa shape index (κ2) is 8.44. The first-order valence-electron chi connectivity index (χ1n) is 4.76. The maximum Gasteiger partial charge on any atom is 0.133 e. The first-order valence-corrected chi connectivity index (χ1v) is 4.76. The van der Waals surface area contributed by atoms with E-state index in [4.69, 9.17) is 0 Å². The molecule has 0 amide bonds. The zero-order valence-electron chi connectivity index (χ0n) is 7.84. The van der Waals surface area contributed by atoms with E-state index >= 15 is 0 Å². The molecule has 2 heteroatoms. The molecule has 0 aliphatic heterocycles. The van der Waals surface area contributed by atoms with Gasteiger partial charge in [0.25, 0.3) is 0 Å². The highest BCUT2D eigenvalue weighted by atomic mass is 16.1. The third-order valence-corrected chi connectivity index (χ3v) is 1.85. The van der Waals surface area contributed by atoms with E-state index < -0.39 is 0 Å². The van der Waals surface area contributed by atoms with Crippen LogP contribution in [0.3, 0.4) is 0 Å². The normalized spacial score (nSPS) is 9.75. The van der Waals surface area contributed by atoms with Gasteiger partial charge in [-0.15, -0.1) is 0 Å². The second-order valence-corrected chi connectivity index (χ2v) is 3.05. The summed E-state index contributed by atoms with van der Waals surface area (Å²) in [6.07, 6.45) is 6.85. The maximum atomic E-state index is 11.0. The van der Waals surface area contributed by atoms with Crippen LogP contribution in [-0.2, 0) is 9.59 Å². The molecular formula is C10H18O2. The van der Waals surface area contributed by atoms with Crippen LogP contribution in [0.5, 0.6) is 0 Å². The largest absolute Gasteiger partial charge is 0.303 e. The van der Waals surface area contributed by atoms with E-state index in [0.717, 1.165) is 19.1 Å². The molecule has 0 aromatic rings. The average Bonchev–Trinajstić information content (AvgIpc) is 2.09. The predicted molar refractivity (Wildman–Crippen MR) is 49.1 cm³/mol. The van der Waals surface area contributed by atoms with Gasteiger partial charge in [0.15, 0.2) is 0 Å². The highest BCUT2D eigenvalue weighted by Crippen LogP contribution is 2.04. The summed E-state index contributed by atoms with van der Waals surface area (Å²) < 4.78 is 0. The number of ketones is 1. The summed E-state index contributed by atoms with van der Waals surface area (Å²) >= 11 is 0. The molecule has 12 heavy (non-hydrogen) atoms. The Bertz CT molecular complexity index is 130. The van der Waals surface area contributed by atoms with Crippen LogP contribution in [0, 0.1) is 0 Å². The quantitative estimate of drug-likeness (QED) is 0.414. The van der Waals surface area contributed by atoms with Gasteiger partial charge in [-0.1, -0.05) is 26.2 Å². The number of unbranched alkanes of at least 4 members (excludes halogenated alkanes) is 3. The molecule has 0 N–H and O–H groups in total. The number of hydrogen-bond acceptors (Lipinski definition) is 2. The van der Waals surface area contributed by atoms with Crippen LogP contribution >= 0.6 is 0 Å². The summed E-state index contributed by atoms with van der Waals surface area (Å²) in [4.78, 5) is 20.9. The molecule has 0 spiro atoms. The van der Waals surface area contributed by atoms with Crippen molar-refractivity contribution in [2.24, 2.45) is 0 Å². The van der Waals surface area contributed by atoms with Gasteiger partial charge < -0.3 is 4.79 Å². The number of hydrogen-bond donors (Lipinski definition) is 0. The third kappa shape index (κ3) is 7.45. The van der Waals surface area contributed by atoms with Crippen LogP contribution < -0.4 is 0 Å². The summed E-state index contributed by atoms with van der Waals surface area (Å²) in [5.74, 6) is 0.234. The summed E-state index contributed by atoms with van der Waals surface area (Å²) in [5.41, 5.74) is 0. The van der Waals surface area contributed by atoms with E-state index in [-0.39, 0.29) is 5.78 Å². The molecule has 0 aromatic carbocycles. The van der Waals surface area contributed by atoms with Crippen LogP contribution in [0.15, 0.2) is 0 Å². The molecule has 0 aromatic heterocycles. The summed E-state index contributed by atoms with van der Waals surface area (Å²) in [6, 6.07) is 0. The molecule has 0 saturated carbocycles. The number of rotatable bonds is 8. The Hall–Kier alpha value is -0.660. The molecule has 0 unspecified atom stereocenters. The minimum atomic E-state index is 0.234. The lowest BCUT2D eigenvalue weighted by molar-refractivity contribution is -0.120. The van der Waals surface area contributed by atoms with E-state index in [0.29, 0.717) is 19.3 Å². The third-order valence-electron chi connectivity index (χ3n) is 1.85. The topological polar surface area (TPSA) is 34.1 Å². The van der Waals surface area contributed by atoms with Gasteiger partial charge in [-0.25, -0.2) is 0 Å². The number of Topliss-reactive ketones (excluding diaryl/α,β-unsaturated/α-hetero) is 1. The molecule has 0 saturated heterocycles. The molecule has 0 rings (SSSR count). The van der Waals surface area contributed by atoms with Crippen molar-refractivity contribution in [3.05, 3.63) is 0 Å². The zero-order valence-corrected chi connectivity index (χ0v) is 7.84. The van der Waals surface area contributed by atoms with Crippen molar-refractivity contribution < 1.29 is 9.59 Å². The highest BCUT2D eigenvalue weighted by Gasteiger charge is 1.99. The Balaban J connectivity index is 3.13. The fraction of sp³-hybridized carbons (Fsp3) is 0.800. The van der Waals surface area contributed by atoms with Crippen molar-refractivity contribution in [2.75, 3.05) is 0 Å². The minimum absolute atomic E-state index is 0.234. The molecule has 0 fully saturated rings. The van der Waals surface area contributed by atoms with Crippen molar-refractivity contribution in [1.29, 1.82) is 0 Å². The van der Waals surface area contributed by atoms with Crippen molar-refractivity contribution in [3.8, 4) is 0 Å². The Morgan fingerprint density at radius 2 is 1.92 bits per heavy atom. The number of carbonyl (C=O) groups excluding carboxylic acids is 2. The molecular weight excluding hydrogens is 152 g/mol. The van der Waals surface area contributed by atoms with Crippen LogP contribution in [0.2, 0.25) is 0 Å². The number of aldehydes is 1. The van der Waals surface area contributed by atoms with Crippen LogP contribution in [0.1, 0.15) is 51.9 Å². The number of carbonyl (C=O) groups is 2. The monoisotopic (exact) mass is 170 g/mol. The SMILES string of the molecule is CCCCCCC(=O)CCC=O. The molecule has 0 aliphatic carbocycles. The minimum Gasteiger partial charge on any atom is -0.303 e. The van der Waals surface area contributed by atoms with Gasteiger partial charge in [-0.3, -0.25) is 4.79 Å². The molecule has 2 nitrogen and oxygen atoms in total. The summed E-state index contributed by atoms with van der Waals surface area (Å²) in [7, 11) is 0. The molecule has 70 valence electrons. The maximum absolute atomic E-state index is 11.0. The van der Waals surface area contributed by atoms with E-state index in [1.165, 1.54) is 12.8 Å². The van der Waals surface area contributed by atoms with Gasteiger partial charge in [0.2, 0.25) is 0 Å². The second-order valence-electron chi connectivity index (χ2n) is 3.05. The van der Waals surface area contributed by atoms with Gasteiger partial charge in [-0.05, 0) is 6.42 Å². The van der Waals surface area contributed by atoms with Gasteiger partial charge in [0.05, 0.1) is 0 Å². The lowest BCUT2D eigenvalue weighted by Crippen LogP contribution is -1.97. The van der Waals surface area contributed by atoms with Gasteiger partial charge in [0.1, 0.15) is 12.1 Å². The van der Waals surface area contributed by atoms with E-state index in [9.17, 15) is 9.59 Å². The first-order chi connectivity index (χ1) is 5.81. The van der Waals surface area contributed by atoms with Gasteiger partial charge >= 0.3 is 0 Å². The van der Waals surface area contributed by atoms with E-state index in [2.05, 4.69) is 6.92 Å². The Morgan fingerprint density at radius 1 is 1.17 bits per heavy atom. The van der Waals surface area contributed by atoms with Crippen LogP contribution in [0.4, 0.5) is 0 Å². The molecule has 0 bridgehead atoms. The summed E-state index contributed by atoms with van der Waals surface area (Å²) in [6.45, 7) is 2.15. The van der Waals surface area contributed by atoms with Crippen molar-refractivity contribution in [3.63, 3.8) is 0 Å². The van der Waals surface area contributed by atoms with Crippen LogP contribution in [0.25, 0.3) is 0 Å². The van der Waals surface area contributed by atoms with E-state index in [1.807, 2.05) is 0 Å². The highest BCUT2D eigenvalue weighted by molar-refractivity contribution is 5.80. The fourth-order valence-electron chi connectivity index (χ4n) is 1.09. The Labute approximate surface area is 74.3 Å². The van der Waals surface area contributed by atoms with Crippen molar-refractivity contribution >= 4 is 12.1 Å². The van der Waals surface area contributed by atoms with Crippen molar-refractivity contribution in [1.82, 2.24) is 0 Å². The lowest BCUT2D eigenvalue weighted by atomic mass is 10.1. The Morgan fingerprint density at radius 3 is 2.50 bits per heavy atom. The molecule has 0 heterocycles. The first kappa shape index (κ1) is 11.3. The summed E-state index contributed by atoms with van der Waals surface area (Å²) in [5, 5.41) is 0. The van der Waals surface area contributed by atoms with Crippen molar-refractivity contribution in [2.45, 2.75) is 51.9 Å². The van der Waals surface area contributed by atoms with Gasteiger partial charge in [-0.2, -0.15) is 0 Å². The molecule has 0 atom stereocenters. The average molecular weight is 170 g/mol. The Kier molecular flexibility index (Phi) is 7.97. The lowest BCUT2D eigenvalue weighted by Gasteiger charge is -1.97. The van der Waals surface area contributed by atoms with E-state index in [1.54, 1.807) is 0 Å². The zero-order chi connectivity index (χ0) is 9.23. The molecule has 0 aliphatic rings. The fourth-order valence-corrected chi connectivity index (χ4v) is 1.09. The predicted octanol–water partition coefficient (Wildman–Crippen LogP) is 2.51. The van der Waals surface area contributed by atoms with Gasteiger partial charge in [0, 0.05) is 19.3 Å². The molecule has 0 radical (unpaired) electrons.